The van der Waals surface area contributed by atoms with Gasteiger partial charge in [0.15, 0.2) is 0 Å². The topological polar surface area (TPSA) is 90.0 Å². The Kier molecular flexibility index (Phi) is 4.35. The molecule has 1 heterocycles. The molecule has 0 unspecified atom stereocenters. The van der Waals surface area contributed by atoms with Gasteiger partial charge in [-0.3, -0.25) is 14.4 Å². The summed E-state index contributed by atoms with van der Waals surface area (Å²) in [7, 11) is 0. The lowest BCUT2D eigenvalue weighted by Gasteiger charge is -2.27. The van der Waals surface area contributed by atoms with Gasteiger partial charge in [-0.2, -0.15) is 0 Å². The smallest absolute Gasteiger partial charge is 0.338 e. The SMILES string of the molecule is C=CCOC(=O)c1ccc2c(c1)C(=O)N(c1ccc3c(OCC=C)c1C3=O)C2=O. The van der Waals surface area contributed by atoms with Crippen LogP contribution in [0.25, 0.3) is 0 Å². The molecular formula is C22H15NO6. The van der Waals surface area contributed by atoms with Crippen LogP contribution >= 0.6 is 0 Å². The number of carbonyl (C=O) groups excluding carboxylic acids is 4. The minimum Gasteiger partial charge on any atom is -0.488 e. The maximum absolute atomic E-state index is 13.0. The van der Waals surface area contributed by atoms with Crippen molar-refractivity contribution in [1.82, 2.24) is 0 Å². The molecule has 2 amide bonds. The molecule has 0 saturated heterocycles. The van der Waals surface area contributed by atoms with E-state index in [1.54, 1.807) is 0 Å². The van der Waals surface area contributed by atoms with E-state index in [1.165, 1.54) is 42.5 Å². The fraction of sp³-hybridized carbons (Fsp3) is 0.0909. The van der Waals surface area contributed by atoms with Crippen molar-refractivity contribution in [3.05, 3.63) is 83.5 Å². The van der Waals surface area contributed by atoms with Gasteiger partial charge in [0.05, 0.1) is 33.5 Å². The molecule has 0 saturated carbocycles. The first-order chi connectivity index (χ1) is 14.0. The molecule has 0 radical (unpaired) electrons. The maximum Gasteiger partial charge on any atom is 0.338 e. The summed E-state index contributed by atoms with van der Waals surface area (Å²) in [4.78, 5) is 51.1. The van der Waals surface area contributed by atoms with Crippen LogP contribution in [0.15, 0.2) is 55.6 Å². The highest BCUT2D eigenvalue weighted by Crippen LogP contribution is 2.45. The standard InChI is InChI=1S/C22H15NO6/c1-3-9-28-19-14-7-8-16(17(19)18(14)24)23-20(25)13-6-5-12(11-15(13)21(23)26)22(27)29-10-4-2/h3-8,11H,1-2,9-10H2. The third-order valence-electron chi connectivity index (χ3n) is 4.65. The minimum absolute atomic E-state index is 0.0280. The van der Waals surface area contributed by atoms with Crippen LogP contribution in [0.2, 0.25) is 0 Å². The van der Waals surface area contributed by atoms with Gasteiger partial charge in [0.25, 0.3) is 11.8 Å². The number of ether oxygens (including phenoxy) is 2. The van der Waals surface area contributed by atoms with Crippen molar-refractivity contribution in [2.45, 2.75) is 0 Å². The zero-order valence-corrected chi connectivity index (χ0v) is 15.3. The summed E-state index contributed by atoms with van der Waals surface area (Å²) >= 11 is 0. The number of benzene rings is 2. The van der Waals surface area contributed by atoms with Crippen molar-refractivity contribution in [3.63, 3.8) is 0 Å². The Balaban J connectivity index is 1.71. The molecule has 1 aliphatic heterocycles. The van der Waals surface area contributed by atoms with Gasteiger partial charge in [-0.15, -0.1) is 0 Å². The molecule has 0 atom stereocenters. The lowest BCUT2D eigenvalue weighted by molar-refractivity contribution is 0.0549. The predicted molar refractivity (Wildman–Crippen MR) is 104 cm³/mol. The lowest BCUT2D eigenvalue weighted by atomic mass is 9.87. The van der Waals surface area contributed by atoms with Crippen LogP contribution in [0, 0.1) is 0 Å². The van der Waals surface area contributed by atoms with Gasteiger partial charge in [0.2, 0.25) is 5.78 Å². The normalized spacial score (nSPS) is 13.7. The second-order valence-corrected chi connectivity index (χ2v) is 6.36. The molecule has 0 fully saturated rings. The number of anilines is 1. The summed E-state index contributed by atoms with van der Waals surface area (Å²) in [5.41, 5.74) is 1.10. The van der Waals surface area contributed by atoms with Crippen molar-refractivity contribution in [2.24, 2.45) is 0 Å². The zero-order chi connectivity index (χ0) is 20.7. The molecular weight excluding hydrogens is 374 g/mol. The van der Waals surface area contributed by atoms with Crippen LogP contribution in [0.5, 0.6) is 5.75 Å². The Morgan fingerprint density at radius 3 is 2.31 bits per heavy atom. The fourth-order valence-corrected chi connectivity index (χ4v) is 3.33. The Bertz CT molecular complexity index is 1130. The highest BCUT2D eigenvalue weighted by Gasteiger charge is 2.43. The Morgan fingerprint density at radius 2 is 1.62 bits per heavy atom. The van der Waals surface area contributed by atoms with E-state index in [4.69, 9.17) is 9.47 Å². The van der Waals surface area contributed by atoms with Gasteiger partial charge in [-0.25, -0.2) is 9.69 Å². The number of esters is 1. The van der Waals surface area contributed by atoms with Crippen molar-refractivity contribution < 1.29 is 28.7 Å². The van der Waals surface area contributed by atoms with Crippen LogP contribution < -0.4 is 9.64 Å². The number of ketones is 1. The molecule has 7 nitrogen and oxygen atoms in total. The van der Waals surface area contributed by atoms with Gasteiger partial charge >= 0.3 is 5.97 Å². The van der Waals surface area contributed by atoms with Crippen molar-refractivity contribution in [3.8, 4) is 5.75 Å². The monoisotopic (exact) mass is 389 g/mol. The van der Waals surface area contributed by atoms with Crippen LogP contribution in [-0.2, 0) is 4.74 Å². The van der Waals surface area contributed by atoms with E-state index in [0.29, 0.717) is 11.3 Å². The quantitative estimate of drug-likeness (QED) is 0.351. The summed E-state index contributed by atoms with van der Waals surface area (Å²) in [5.74, 6) is -1.77. The third-order valence-corrected chi connectivity index (χ3v) is 4.65. The van der Waals surface area contributed by atoms with E-state index in [0.717, 1.165) is 4.90 Å². The highest BCUT2D eigenvalue weighted by molar-refractivity contribution is 6.37. The summed E-state index contributed by atoms with van der Waals surface area (Å²) < 4.78 is 10.5. The first kappa shape index (κ1) is 18.4. The van der Waals surface area contributed by atoms with Crippen molar-refractivity contribution in [1.29, 1.82) is 0 Å². The maximum atomic E-state index is 13.0. The minimum atomic E-state index is -0.632. The van der Waals surface area contributed by atoms with Crippen LogP contribution in [0.4, 0.5) is 5.69 Å². The molecule has 7 heteroatoms. The van der Waals surface area contributed by atoms with Gasteiger partial charge in [-0.05, 0) is 30.3 Å². The molecule has 0 spiro atoms. The van der Waals surface area contributed by atoms with E-state index in [2.05, 4.69) is 13.2 Å². The molecule has 0 aromatic heterocycles. The molecule has 5 rings (SSSR count). The van der Waals surface area contributed by atoms with Crippen LogP contribution in [0.1, 0.15) is 47.0 Å². The molecule has 2 bridgehead atoms. The molecule has 2 aliphatic carbocycles. The number of imide groups is 1. The first-order valence-electron chi connectivity index (χ1n) is 8.75. The Hall–Kier alpha value is -4.00. The average Bonchev–Trinajstić information content (AvgIpc) is 2.99. The van der Waals surface area contributed by atoms with E-state index in [9.17, 15) is 19.2 Å². The van der Waals surface area contributed by atoms with Crippen LogP contribution in [-0.4, -0.2) is 36.8 Å². The largest absolute Gasteiger partial charge is 0.488 e. The van der Waals surface area contributed by atoms with E-state index in [-0.39, 0.29) is 46.9 Å². The molecule has 0 N–H and O–H groups in total. The number of carbonyl (C=O) groups is 4. The average molecular weight is 389 g/mol. The van der Waals surface area contributed by atoms with E-state index < -0.39 is 17.8 Å². The van der Waals surface area contributed by atoms with Gasteiger partial charge < -0.3 is 9.47 Å². The van der Waals surface area contributed by atoms with E-state index >= 15 is 0 Å². The molecule has 2 aromatic rings. The molecule has 144 valence electrons. The summed E-state index contributed by atoms with van der Waals surface area (Å²) in [6.45, 7) is 7.25. The van der Waals surface area contributed by atoms with Crippen molar-refractivity contribution in [2.75, 3.05) is 18.1 Å². The summed E-state index contributed by atoms with van der Waals surface area (Å²) in [6.07, 6.45) is 2.96. The molecule has 2 aromatic carbocycles. The Morgan fingerprint density at radius 1 is 0.931 bits per heavy atom. The Labute approximate surface area is 165 Å². The number of hydrogen-bond acceptors (Lipinski definition) is 6. The summed E-state index contributed by atoms with van der Waals surface area (Å²) in [5, 5.41) is 0. The first-order valence-corrected chi connectivity index (χ1v) is 8.75. The number of fused-ring (bicyclic) bond motifs is 3. The predicted octanol–water partition coefficient (Wildman–Crippen LogP) is 2.94. The van der Waals surface area contributed by atoms with Gasteiger partial charge in [0.1, 0.15) is 19.0 Å². The molecule has 3 aliphatic rings. The molecule has 29 heavy (non-hydrogen) atoms. The highest BCUT2D eigenvalue weighted by atomic mass is 16.5. The van der Waals surface area contributed by atoms with Crippen LogP contribution in [0.3, 0.4) is 0 Å². The number of amides is 2. The zero-order valence-electron chi connectivity index (χ0n) is 15.3. The fourth-order valence-electron chi connectivity index (χ4n) is 3.33. The number of rotatable bonds is 7. The van der Waals surface area contributed by atoms with E-state index in [1.807, 2.05) is 0 Å². The second kappa shape index (κ2) is 6.87. The lowest BCUT2D eigenvalue weighted by Crippen LogP contribution is -2.33. The van der Waals surface area contributed by atoms with Gasteiger partial charge in [0, 0.05) is 0 Å². The summed E-state index contributed by atoms with van der Waals surface area (Å²) in [6, 6.07) is 7.19. The number of hydrogen-bond donors (Lipinski definition) is 0. The number of nitrogens with zero attached hydrogens (tertiary/aromatic N) is 1. The van der Waals surface area contributed by atoms with Gasteiger partial charge in [-0.1, -0.05) is 25.3 Å². The van der Waals surface area contributed by atoms with Crippen molar-refractivity contribution >= 4 is 29.3 Å². The second-order valence-electron chi connectivity index (χ2n) is 6.36. The third kappa shape index (κ3) is 2.67.